The molecule has 0 fully saturated rings. The normalized spacial score (nSPS) is 10.7. The zero-order valence-corrected chi connectivity index (χ0v) is 15.1. The maximum Gasteiger partial charge on any atom is 0.126 e. The first-order valence-corrected chi connectivity index (χ1v) is 8.46. The molecule has 2 rings (SSSR count). The fourth-order valence-electron chi connectivity index (χ4n) is 2.15. The third kappa shape index (κ3) is 3.64. The van der Waals surface area contributed by atoms with Crippen LogP contribution in [0.2, 0.25) is 0 Å². The van der Waals surface area contributed by atoms with Gasteiger partial charge in [0.2, 0.25) is 0 Å². The summed E-state index contributed by atoms with van der Waals surface area (Å²) < 4.78 is 7.13. The number of halogens is 2. The van der Waals surface area contributed by atoms with E-state index in [0.29, 0.717) is 6.61 Å². The number of hydrogen-bond donors (Lipinski definition) is 0. The molecule has 0 aliphatic rings. The number of aryl methyl sites for hydroxylation is 3. The van der Waals surface area contributed by atoms with Gasteiger partial charge in [-0.3, -0.25) is 0 Å². The number of rotatable bonds is 4. The highest BCUT2D eigenvalue weighted by Crippen LogP contribution is 2.30. The summed E-state index contributed by atoms with van der Waals surface area (Å²) >= 11 is 7.05. The van der Waals surface area contributed by atoms with Gasteiger partial charge in [0.05, 0.1) is 0 Å². The molecule has 106 valence electrons. The van der Waals surface area contributed by atoms with Crippen molar-refractivity contribution in [2.45, 2.75) is 32.7 Å². The number of benzene rings is 2. The van der Waals surface area contributed by atoms with Crippen LogP contribution >= 0.6 is 31.9 Å². The molecule has 20 heavy (non-hydrogen) atoms. The molecule has 0 atom stereocenters. The van der Waals surface area contributed by atoms with Gasteiger partial charge in [-0.25, -0.2) is 0 Å². The van der Waals surface area contributed by atoms with Crippen LogP contribution in [0.3, 0.4) is 0 Å². The van der Waals surface area contributed by atoms with E-state index in [1.807, 2.05) is 0 Å². The summed E-state index contributed by atoms with van der Waals surface area (Å²) in [7, 11) is 0. The molecule has 0 unspecified atom stereocenters. The van der Waals surface area contributed by atoms with E-state index in [1.54, 1.807) is 0 Å². The Kier molecular flexibility index (Phi) is 5.28. The second-order valence-electron chi connectivity index (χ2n) is 5.05. The van der Waals surface area contributed by atoms with Crippen LogP contribution in [0, 0.1) is 20.8 Å². The van der Waals surface area contributed by atoms with E-state index < -0.39 is 0 Å². The molecule has 3 heteroatoms. The zero-order valence-electron chi connectivity index (χ0n) is 12.0. The average Bonchev–Trinajstić information content (AvgIpc) is 2.40. The van der Waals surface area contributed by atoms with Crippen LogP contribution in [0.1, 0.15) is 27.8 Å². The van der Waals surface area contributed by atoms with Crippen molar-refractivity contribution in [3.05, 3.63) is 62.6 Å². The van der Waals surface area contributed by atoms with Crippen LogP contribution in [0.15, 0.2) is 34.8 Å². The van der Waals surface area contributed by atoms with Crippen molar-refractivity contribution in [3.8, 4) is 5.75 Å². The summed E-state index contributed by atoms with van der Waals surface area (Å²) in [5.41, 5.74) is 6.14. The Balaban J connectivity index is 2.20. The minimum atomic E-state index is 0.601. The van der Waals surface area contributed by atoms with E-state index in [-0.39, 0.29) is 0 Å². The van der Waals surface area contributed by atoms with Crippen LogP contribution in [0.4, 0.5) is 0 Å². The molecule has 0 aliphatic carbocycles. The van der Waals surface area contributed by atoms with Gasteiger partial charge in [0.15, 0.2) is 0 Å². The van der Waals surface area contributed by atoms with Crippen LogP contribution in [0.5, 0.6) is 5.75 Å². The fourth-order valence-corrected chi connectivity index (χ4v) is 3.19. The van der Waals surface area contributed by atoms with Crippen molar-refractivity contribution in [2.24, 2.45) is 0 Å². The Morgan fingerprint density at radius 3 is 2.35 bits per heavy atom. The highest BCUT2D eigenvalue weighted by atomic mass is 79.9. The Morgan fingerprint density at radius 2 is 1.70 bits per heavy atom. The first kappa shape index (κ1) is 15.6. The van der Waals surface area contributed by atoms with Gasteiger partial charge in [-0.05, 0) is 55.2 Å². The first-order valence-electron chi connectivity index (χ1n) is 6.55. The standard InChI is InChI=1S/C17H18Br2O/c1-11-4-5-14(6-12(11)2)10-20-17-13(3)7-16(19)8-15(17)9-18/h4-8H,9-10H2,1-3H3. The molecule has 0 saturated heterocycles. The number of alkyl halides is 1. The Hall–Kier alpha value is -0.800. The average molecular weight is 398 g/mol. The zero-order chi connectivity index (χ0) is 14.7. The molecule has 0 amide bonds. The lowest BCUT2D eigenvalue weighted by Crippen LogP contribution is -2.00. The monoisotopic (exact) mass is 396 g/mol. The van der Waals surface area contributed by atoms with Gasteiger partial charge in [-0.1, -0.05) is 50.1 Å². The van der Waals surface area contributed by atoms with E-state index in [1.165, 1.54) is 22.3 Å². The van der Waals surface area contributed by atoms with Gasteiger partial charge in [0.25, 0.3) is 0 Å². The second-order valence-corrected chi connectivity index (χ2v) is 6.53. The summed E-state index contributed by atoms with van der Waals surface area (Å²) in [4.78, 5) is 0. The molecule has 0 aliphatic heterocycles. The van der Waals surface area contributed by atoms with Crippen LogP contribution in [-0.4, -0.2) is 0 Å². The summed E-state index contributed by atoms with van der Waals surface area (Å²) in [5, 5.41) is 0.787. The highest BCUT2D eigenvalue weighted by molar-refractivity contribution is 9.10. The Labute approximate surface area is 137 Å². The maximum atomic E-state index is 6.04. The molecule has 2 aromatic carbocycles. The van der Waals surface area contributed by atoms with Gasteiger partial charge >= 0.3 is 0 Å². The summed E-state index contributed by atoms with van der Waals surface area (Å²) in [6.07, 6.45) is 0. The Morgan fingerprint density at radius 1 is 0.950 bits per heavy atom. The summed E-state index contributed by atoms with van der Waals surface area (Å²) in [6.45, 7) is 6.94. The van der Waals surface area contributed by atoms with Crippen molar-refractivity contribution in [1.29, 1.82) is 0 Å². The molecule has 0 saturated carbocycles. The predicted octanol–water partition coefficient (Wildman–Crippen LogP) is 5.85. The molecular weight excluding hydrogens is 380 g/mol. The molecule has 0 N–H and O–H groups in total. The van der Waals surface area contributed by atoms with Crippen LogP contribution in [-0.2, 0) is 11.9 Å². The lowest BCUT2D eigenvalue weighted by atomic mass is 10.1. The Bertz CT molecular complexity index is 621. The van der Waals surface area contributed by atoms with E-state index in [9.17, 15) is 0 Å². The van der Waals surface area contributed by atoms with Gasteiger partial charge in [0, 0.05) is 15.4 Å². The van der Waals surface area contributed by atoms with Crippen molar-refractivity contribution < 1.29 is 4.74 Å². The van der Waals surface area contributed by atoms with E-state index in [0.717, 1.165) is 21.1 Å². The molecule has 2 aromatic rings. The van der Waals surface area contributed by atoms with Crippen LogP contribution < -0.4 is 4.74 Å². The SMILES string of the molecule is Cc1ccc(COc2c(C)cc(Br)cc2CBr)cc1C. The van der Waals surface area contributed by atoms with Crippen molar-refractivity contribution in [3.63, 3.8) is 0 Å². The molecule has 0 radical (unpaired) electrons. The molecular formula is C17H18Br2O. The third-order valence-electron chi connectivity index (χ3n) is 3.41. The molecule has 0 bridgehead atoms. The minimum absolute atomic E-state index is 0.601. The van der Waals surface area contributed by atoms with E-state index in [2.05, 4.69) is 83.0 Å². The van der Waals surface area contributed by atoms with Crippen molar-refractivity contribution >= 4 is 31.9 Å². The van der Waals surface area contributed by atoms with E-state index in [4.69, 9.17) is 4.74 Å². The van der Waals surface area contributed by atoms with Gasteiger partial charge in [0.1, 0.15) is 12.4 Å². The topological polar surface area (TPSA) is 9.23 Å². The predicted molar refractivity (Wildman–Crippen MR) is 91.8 cm³/mol. The summed E-state index contributed by atoms with van der Waals surface area (Å²) in [6, 6.07) is 10.6. The van der Waals surface area contributed by atoms with Crippen molar-refractivity contribution in [2.75, 3.05) is 0 Å². The van der Waals surface area contributed by atoms with E-state index >= 15 is 0 Å². The number of ether oxygens (including phenoxy) is 1. The van der Waals surface area contributed by atoms with Crippen molar-refractivity contribution in [1.82, 2.24) is 0 Å². The first-order chi connectivity index (χ1) is 9.51. The molecule has 1 nitrogen and oxygen atoms in total. The third-order valence-corrected chi connectivity index (χ3v) is 4.48. The quantitative estimate of drug-likeness (QED) is 0.588. The van der Waals surface area contributed by atoms with Crippen LogP contribution in [0.25, 0.3) is 0 Å². The van der Waals surface area contributed by atoms with Gasteiger partial charge in [-0.2, -0.15) is 0 Å². The maximum absolute atomic E-state index is 6.04. The molecule has 0 heterocycles. The second kappa shape index (κ2) is 6.77. The molecule has 0 aromatic heterocycles. The van der Waals surface area contributed by atoms with Gasteiger partial charge < -0.3 is 4.74 Å². The highest BCUT2D eigenvalue weighted by Gasteiger charge is 2.08. The van der Waals surface area contributed by atoms with Gasteiger partial charge in [-0.15, -0.1) is 0 Å². The molecule has 0 spiro atoms. The number of hydrogen-bond acceptors (Lipinski definition) is 1. The smallest absolute Gasteiger partial charge is 0.126 e. The summed E-state index contributed by atoms with van der Waals surface area (Å²) in [5.74, 6) is 0.975. The minimum Gasteiger partial charge on any atom is -0.488 e. The fraction of sp³-hybridized carbons (Fsp3) is 0.294. The largest absolute Gasteiger partial charge is 0.488 e. The lowest BCUT2D eigenvalue weighted by Gasteiger charge is -2.14. The lowest BCUT2D eigenvalue weighted by molar-refractivity contribution is 0.301.